The highest BCUT2D eigenvalue weighted by molar-refractivity contribution is 6.30. The Morgan fingerprint density at radius 3 is 2.45 bits per heavy atom. The van der Waals surface area contributed by atoms with Gasteiger partial charge in [-0.25, -0.2) is 4.79 Å². The number of carboxylic acid groups (broad SMARTS) is 1. The maximum Gasteiger partial charge on any atom is 0.323 e. The summed E-state index contributed by atoms with van der Waals surface area (Å²) in [5.74, 6) is -1.06. The fraction of sp³-hybridized carbons (Fsp3) is 0.286. The van der Waals surface area contributed by atoms with Crippen LogP contribution in [0.2, 0.25) is 5.02 Å². The van der Waals surface area contributed by atoms with Gasteiger partial charge < -0.3 is 14.9 Å². The van der Waals surface area contributed by atoms with Crippen molar-refractivity contribution in [3.8, 4) is 0 Å². The fourth-order valence-electron chi connectivity index (χ4n) is 1.70. The van der Waals surface area contributed by atoms with E-state index >= 15 is 0 Å². The van der Waals surface area contributed by atoms with E-state index in [1.807, 2.05) is 12.1 Å². The number of carbonyl (C=O) groups is 2. The monoisotopic (exact) mass is 296 g/mol. The van der Waals surface area contributed by atoms with Crippen LogP contribution in [-0.4, -0.2) is 47.0 Å². The SMILES string of the molecule is C=CCN(CC(=O)O)C(=O)N(C)Cc1ccc(Cl)cc1. The average molecular weight is 297 g/mol. The third-order valence-corrected chi connectivity index (χ3v) is 2.86. The van der Waals surface area contributed by atoms with E-state index in [1.165, 1.54) is 15.9 Å². The molecule has 6 heteroatoms. The predicted molar refractivity (Wildman–Crippen MR) is 77.7 cm³/mol. The molecule has 1 aromatic carbocycles. The van der Waals surface area contributed by atoms with Crippen molar-refractivity contribution in [1.29, 1.82) is 0 Å². The molecule has 0 saturated carbocycles. The average Bonchev–Trinajstić information content (AvgIpc) is 2.39. The van der Waals surface area contributed by atoms with E-state index in [0.717, 1.165) is 5.56 Å². The van der Waals surface area contributed by atoms with Gasteiger partial charge in [0, 0.05) is 25.2 Å². The lowest BCUT2D eigenvalue weighted by atomic mass is 10.2. The first kappa shape index (κ1) is 16.0. The van der Waals surface area contributed by atoms with Gasteiger partial charge in [-0.3, -0.25) is 4.79 Å². The Morgan fingerprint density at radius 2 is 1.95 bits per heavy atom. The molecule has 0 spiro atoms. The number of carboxylic acids is 1. The molecule has 0 aliphatic heterocycles. The highest BCUT2D eigenvalue weighted by Gasteiger charge is 2.19. The lowest BCUT2D eigenvalue weighted by Gasteiger charge is -2.26. The zero-order chi connectivity index (χ0) is 15.1. The van der Waals surface area contributed by atoms with Gasteiger partial charge in [0.1, 0.15) is 6.54 Å². The molecule has 0 heterocycles. The van der Waals surface area contributed by atoms with E-state index in [-0.39, 0.29) is 19.1 Å². The summed E-state index contributed by atoms with van der Waals surface area (Å²) in [5, 5.41) is 9.43. The van der Waals surface area contributed by atoms with Gasteiger partial charge in [-0.2, -0.15) is 0 Å². The Balaban J connectivity index is 2.70. The van der Waals surface area contributed by atoms with Crippen molar-refractivity contribution in [3.63, 3.8) is 0 Å². The van der Waals surface area contributed by atoms with Crippen LogP contribution in [0.1, 0.15) is 5.56 Å². The number of halogens is 1. The normalized spacial score (nSPS) is 9.90. The number of amides is 2. The smallest absolute Gasteiger partial charge is 0.323 e. The highest BCUT2D eigenvalue weighted by atomic mass is 35.5. The lowest BCUT2D eigenvalue weighted by Crippen LogP contribution is -2.43. The van der Waals surface area contributed by atoms with E-state index < -0.39 is 5.97 Å². The number of hydrogen-bond donors (Lipinski definition) is 1. The first-order valence-electron chi connectivity index (χ1n) is 6.01. The molecule has 0 unspecified atom stereocenters. The van der Waals surface area contributed by atoms with E-state index in [1.54, 1.807) is 19.2 Å². The summed E-state index contributed by atoms with van der Waals surface area (Å²) in [6.07, 6.45) is 1.50. The topological polar surface area (TPSA) is 60.9 Å². The first-order chi connectivity index (χ1) is 9.43. The van der Waals surface area contributed by atoms with Crippen LogP contribution in [0.5, 0.6) is 0 Å². The minimum absolute atomic E-state index is 0.191. The summed E-state index contributed by atoms with van der Waals surface area (Å²) in [5.41, 5.74) is 0.916. The summed E-state index contributed by atoms with van der Waals surface area (Å²) in [7, 11) is 1.62. The summed E-state index contributed by atoms with van der Waals surface area (Å²) < 4.78 is 0. The number of nitrogens with zero attached hydrogens (tertiary/aromatic N) is 2. The Labute approximate surface area is 123 Å². The minimum Gasteiger partial charge on any atom is -0.480 e. The van der Waals surface area contributed by atoms with Gasteiger partial charge in [-0.15, -0.1) is 6.58 Å². The molecule has 1 rings (SSSR count). The quantitative estimate of drug-likeness (QED) is 0.820. The molecular formula is C14H17ClN2O3. The molecule has 0 aromatic heterocycles. The molecule has 0 bridgehead atoms. The molecule has 0 fully saturated rings. The molecule has 1 aromatic rings. The Kier molecular flexibility index (Phi) is 6.06. The van der Waals surface area contributed by atoms with Crippen LogP contribution in [0.15, 0.2) is 36.9 Å². The molecule has 108 valence electrons. The fourth-order valence-corrected chi connectivity index (χ4v) is 1.83. The first-order valence-corrected chi connectivity index (χ1v) is 6.39. The maximum atomic E-state index is 12.2. The van der Waals surface area contributed by atoms with Crippen molar-refractivity contribution in [2.24, 2.45) is 0 Å². The van der Waals surface area contributed by atoms with Crippen LogP contribution >= 0.6 is 11.6 Å². The lowest BCUT2D eigenvalue weighted by molar-refractivity contribution is -0.137. The largest absolute Gasteiger partial charge is 0.480 e. The molecule has 2 amide bonds. The summed E-state index contributed by atoms with van der Waals surface area (Å²) in [6.45, 7) is 3.74. The Morgan fingerprint density at radius 1 is 1.35 bits per heavy atom. The summed E-state index contributed by atoms with van der Waals surface area (Å²) in [4.78, 5) is 25.6. The second kappa shape index (κ2) is 7.55. The van der Waals surface area contributed by atoms with Gasteiger partial charge in [0.2, 0.25) is 0 Å². The van der Waals surface area contributed by atoms with E-state index in [9.17, 15) is 9.59 Å². The number of rotatable bonds is 6. The second-order valence-corrected chi connectivity index (χ2v) is 4.76. The van der Waals surface area contributed by atoms with Crippen LogP contribution in [-0.2, 0) is 11.3 Å². The van der Waals surface area contributed by atoms with Gasteiger partial charge in [0.15, 0.2) is 0 Å². The van der Waals surface area contributed by atoms with Gasteiger partial charge in [-0.1, -0.05) is 29.8 Å². The van der Waals surface area contributed by atoms with Crippen LogP contribution in [0.3, 0.4) is 0 Å². The van der Waals surface area contributed by atoms with Crippen molar-refractivity contribution in [2.45, 2.75) is 6.54 Å². The molecule has 1 N–H and O–H groups in total. The minimum atomic E-state index is -1.06. The third-order valence-electron chi connectivity index (χ3n) is 2.61. The van der Waals surface area contributed by atoms with Crippen LogP contribution in [0, 0.1) is 0 Å². The van der Waals surface area contributed by atoms with Crippen LogP contribution in [0.4, 0.5) is 4.79 Å². The van der Waals surface area contributed by atoms with E-state index in [0.29, 0.717) is 11.6 Å². The van der Waals surface area contributed by atoms with Crippen molar-refractivity contribution >= 4 is 23.6 Å². The molecule has 20 heavy (non-hydrogen) atoms. The van der Waals surface area contributed by atoms with Crippen molar-refractivity contribution in [2.75, 3.05) is 20.1 Å². The van der Waals surface area contributed by atoms with Gasteiger partial charge in [0.05, 0.1) is 0 Å². The van der Waals surface area contributed by atoms with Crippen molar-refractivity contribution < 1.29 is 14.7 Å². The maximum absolute atomic E-state index is 12.2. The standard InChI is InChI=1S/C14H17ClN2O3/c1-3-8-17(10-13(18)19)14(20)16(2)9-11-4-6-12(15)7-5-11/h3-7H,1,8-10H2,2H3,(H,18,19). The van der Waals surface area contributed by atoms with Crippen LogP contribution < -0.4 is 0 Å². The molecule has 0 atom stereocenters. The molecule has 5 nitrogen and oxygen atoms in total. The summed E-state index contributed by atoms with van der Waals surface area (Å²) >= 11 is 5.79. The molecule has 0 aliphatic rings. The zero-order valence-corrected chi connectivity index (χ0v) is 12.0. The highest BCUT2D eigenvalue weighted by Crippen LogP contribution is 2.11. The molecule has 0 aliphatic carbocycles. The second-order valence-electron chi connectivity index (χ2n) is 4.33. The van der Waals surface area contributed by atoms with Gasteiger partial charge in [-0.05, 0) is 17.7 Å². The molecular weight excluding hydrogens is 280 g/mol. The van der Waals surface area contributed by atoms with E-state index in [2.05, 4.69) is 6.58 Å². The van der Waals surface area contributed by atoms with Crippen molar-refractivity contribution in [1.82, 2.24) is 9.80 Å². The Bertz CT molecular complexity index is 488. The summed E-state index contributed by atoms with van der Waals surface area (Å²) in [6, 6.07) is 6.77. The molecule has 0 saturated heterocycles. The number of carbonyl (C=O) groups excluding carboxylic acids is 1. The zero-order valence-electron chi connectivity index (χ0n) is 11.3. The predicted octanol–water partition coefficient (Wildman–Crippen LogP) is 2.46. The number of aliphatic carboxylic acids is 1. The molecule has 0 radical (unpaired) electrons. The van der Waals surface area contributed by atoms with Crippen molar-refractivity contribution in [3.05, 3.63) is 47.5 Å². The number of benzene rings is 1. The van der Waals surface area contributed by atoms with E-state index in [4.69, 9.17) is 16.7 Å². The number of hydrogen-bond acceptors (Lipinski definition) is 2. The Hall–Kier alpha value is -2.01. The van der Waals surface area contributed by atoms with Gasteiger partial charge in [0.25, 0.3) is 0 Å². The van der Waals surface area contributed by atoms with Gasteiger partial charge >= 0.3 is 12.0 Å². The number of urea groups is 1. The van der Waals surface area contributed by atoms with Crippen LogP contribution in [0.25, 0.3) is 0 Å². The third kappa shape index (κ3) is 4.93.